The highest BCUT2D eigenvalue weighted by Gasteiger charge is 2.30. The molecule has 7 heteroatoms. The Hall–Kier alpha value is -2.83. The number of halogens is 3. The van der Waals surface area contributed by atoms with Gasteiger partial charge in [-0.2, -0.15) is 13.2 Å². The first-order valence-corrected chi connectivity index (χ1v) is 7.94. The van der Waals surface area contributed by atoms with Crippen molar-refractivity contribution in [2.45, 2.75) is 26.6 Å². The maximum atomic E-state index is 12.6. The van der Waals surface area contributed by atoms with Crippen LogP contribution in [0.5, 0.6) is 0 Å². The van der Waals surface area contributed by atoms with E-state index in [1.165, 1.54) is 19.1 Å². The van der Waals surface area contributed by atoms with Crippen LogP contribution >= 0.6 is 0 Å². The van der Waals surface area contributed by atoms with Crippen LogP contribution in [0.25, 0.3) is 0 Å². The number of hydrogen-bond acceptors (Lipinski definition) is 2. The molecule has 0 saturated carbocycles. The van der Waals surface area contributed by atoms with Crippen LogP contribution in [-0.4, -0.2) is 18.4 Å². The van der Waals surface area contributed by atoms with Crippen molar-refractivity contribution in [3.63, 3.8) is 0 Å². The molecule has 1 N–H and O–H groups in total. The summed E-state index contributed by atoms with van der Waals surface area (Å²) in [7, 11) is 0. The van der Waals surface area contributed by atoms with Crippen LogP contribution in [0.1, 0.15) is 23.6 Å². The molecule has 0 aliphatic heterocycles. The maximum absolute atomic E-state index is 12.6. The molecule has 0 saturated heterocycles. The molecule has 0 unspecified atom stereocenters. The van der Waals surface area contributed by atoms with Gasteiger partial charge in [0.25, 0.3) is 0 Å². The van der Waals surface area contributed by atoms with Crippen molar-refractivity contribution in [1.29, 1.82) is 0 Å². The normalized spacial score (nSPS) is 11.1. The van der Waals surface area contributed by atoms with Gasteiger partial charge in [0.2, 0.25) is 11.8 Å². The number of amides is 2. The molecule has 2 amide bonds. The van der Waals surface area contributed by atoms with E-state index >= 15 is 0 Å². The first-order chi connectivity index (χ1) is 12.2. The molecular formula is C19H19F3N2O2. The Morgan fingerprint density at radius 1 is 1.00 bits per heavy atom. The summed E-state index contributed by atoms with van der Waals surface area (Å²) in [6, 6.07) is 11.7. The van der Waals surface area contributed by atoms with Gasteiger partial charge in [-0.05, 0) is 36.8 Å². The molecule has 0 atom stereocenters. The number of aryl methyl sites for hydroxylation is 1. The Kier molecular flexibility index (Phi) is 6.02. The molecule has 2 rings (SSSR count). The zero-order valence-corrected chi connectivity index (χ0v) is 14.4. The quantitative estimate of drug-likeness (QED) is 0.880. The standard InChI is InChI=1S/C19H19F3N2O2/c1-13-3-5-15(6-4-13)11-23-18(26)12-24(14(2)25)17-9-7-16(8-10-17)19(20,21)22/h3-10H,11-12H2,1-2H3,(H,23,26). The van der Waals surface area contributed by atoms with Gasteiger partial charge in [0.15, 0.2) is 0 Å². The second kappa shape index (κ2) is 8.03. The average molecular weight is 364 g/mol. The number of rotatable bonds is 5. The number of nitrogens with one attached hydrogen (secondary N) is 1. The number of carbonyl (C=O) groups is 2. The predicted molar refractivity (Wildman–Crippen MR) is 92.5 cm³/mol. The van der Waals surface area contributed by atoms with Crippen LogP contribution in [0.2, 0.25) is 0 Å². The first-order valence-electron chi connectivity index (χ1n) is 7.94. The predicted octanol–water partition coefficient (Wildman–Crippen LogP) is 3.68. The fourth-order valence-corrected chi connectivity index (χ4v) is 2.32. The van der Waals surface area contributed by atoms with Gasteiger partial charge < -0.3 is 10.2 Å². The third kappa shape index (κ3) is 5.34. The zero-order chi connectivity index (χ0) is 19.3. The van der Waals surface area contributed by atoms with Crippen molar-refractivity contribution >= 4 is 17.5 Å². The smallest absolute Gasteiger partial charge is 0.350 e. The van der Waals surface area contributed by atoms with Crippen LogP contribution in [0, 0.1) is 6.92 Å². The van der Waals surface area contributed by atoms with Gasteiger partial charge >= 0.3 is 6.18 Å². The van der Waals surface area contributed by atoms with E-state index in [2.05, 4.69) is 5.32 Å². The number of alkyl halides is 3. The van der Waals surface area contributed by atoms with Crippen LogP contribution in [0.4, 0.5) is 18.9 Å². The summed E-state index contributed by atoms with van der Waals surface area (Å²) in [5.74, 6) is -0.837. The number of carbonyl (C=O) groups excluding carboxylic acids is 2. The summed E-state index contributed by atoms with van der Waals surface area (Å²) in [5, 5.41) is 2.70. The second-order valence-electron chi connectivity index (χ2n) is 5.91. The monoisotopic (exact) mass is 364 g/mol. The van der Waals surface area contributed by atoms with Gasteiger partial charge in [0, 0.05) is 19.2 Å². The highest BCUT2D eigenvalue weighted by Crippen LogP contribution is 2.30. The highest BCUT2D eigenvalue weighted by atomic mass is 19.4. The molecule has 0 fully saturated rings. The Morgan fingerprint density at radius 2 is 1.58 bits per heavy atom. The van der Waals surface area contributed by atoms with E-state index < -0.39 is 23.6 Å². The van der Waals surface area contributed by atoms with E-state index in [0.717, 1.165) is 28.2 Å². The highest BCUT2D eigenvalue weighted by molar-refractivity contribution is 5.97. The van der Waals surface area contributed by atoms with E-state index in [1.54, 1.807) is 0 Å². The summed E-state index contributed by atoms with van der Waals surface area (Å²) in [6.45, 7) is 3.24. The second-order valence-corrected chi connectivity index (χ2v) is 5.91. The lowest BCUT2D eigenvalue weighted by atomic mass is 10.1. The van der Waals surface area contributed by atoms with E-state index in [9.17, 15) is 22.8 Å². The average Bonchev–Trinajstić information content (AvgIpc) is 2.58. The molecule has 138 valence electrons. The Labute approximate surface area is 149 Å². The topological polar surface area (TPSA) is 49.4 Å². The molecule has 0 spiro atoms. The molecule has 0 heterocycles. The Bertz CT molecular complexity index is 769. The van der Waals surface area contributed by atoms with Crippen molar-refractivity contribution in [3.8, 4) is 0 Å². The lowest BCUT2D eigenvalue weighted by molar-refractivity contribution is -0.137. The van der Waals surface area contributed by atoms with Crippen LogP contribution in [0.15, 0.2) is 48.5 Å². The van der Waals surface area contributed by atoms with Gasteiger partial charge in [0.05, 0.1) is 5.56 Å². The summed E-state index contributed by atoms with van der Waals surface area (Å²) in [6.07, 6.45) is -4.45. The van der Waals surface area contributed by atoms with Crippen molar-refractivity contribution in [1.82, 2.24) is 5.32 Å². The molecule has 0 bridgehead atoms. The summed E-state index contributed by atoms with van der Waals surface area (Å²) < 4.78 is 37.9. The Balaban J connectivity index is 2.02. The van der Waals surface area contributed by atoms with Gasteiger partial charge in [-0.1, -0.05) is 29.8 Å². The minimum atomic E-state index is -4.45. The third-order valence-electron chi connectivity index (χ3n) is 3.80. The third-order valence-corrected chi connectivity index (χ3v) is 3.80. The molecule has 0 radical (unpaired) electrons. The van der Waals surface area contributed by atoms with Crippen LogP contribution in [-0.2, 0) is 22.3 Å². The number of anilines is 1. The van der Waals surface area contributed by atoms with E-state index in [4.69, 9.17) is 0 Å². The molecule has 4 nitrogen and oxygen atoms in total. The van der Waals surface area contributed by atoms with Crippen molar-refractivity contribution in [3.05, 3.63) is 65.2 Å². The van der Waals surface area contributed by atoms with Gasteiger partial charge in [-0.15, -0.1) is 0 Å². The molecule has 0 aliphatic rings. The molecule has 0 aliphatic carbocycles. The minimum absolute atomic E-state index is 0.232. The van der Waals surface area contributed by atoms with Gasteiger partial charge in [-0.25, -0.2) is 0 Å². The van der Waals surface area contributed by atoms with E-state index in [-0.39, 0.29) is 12.2 Å². The van der Waals surface area contributed by atoms with Crippen molar-refractivity contribution < 1.29 is 22.8 Å². The van der Waals surface area contributed by atoms with Gasteiger partial charge in [-0.3, -0.25) is 9.59 Å². The molecular weight excluding hydrogens is 345 g/mol. The number of benzene rings is 2. The summed E-state index contributed by atoms with van der Waals surface area (Å²) in [5.41, 5.74) is 1.43. The fourth-order valence-electron chi connectivity index (χ4n) is 2.32. The van der Waals surface area contributed by atoms with Crippen LogP contribution < -0.4 is 10.2 Å². The minimum Gasteiger partial charge on any atom is -0.350 e. The molecule has 26 heavy (non-hydrogen) atoms. The lowest BCUT2D eigenvalue weighted by Gasteiger charge is -2.21. The van der Waals surface area contributed by atoms with Crippen molar-refractivity contribution in [2.75, 3.05) is 11.4 Å². The summed E-state index contributed by atoms with van der Waals surface area (Å²) >= 11 is 0. The van der Waals surface area contributed by atoms with E-state index in [1.807, 2.05) is 31.2 Å². The fraction of sp³-hybridized carbons (Fsp3) is 0.263. The van der Waals surface area contributed by atoms with Crippen molar-refractivity contribution in [2.24, 2.45) is 0 Å². The largest absolute Gasteiger partial charge is 0.416 e. The number of hydrogen-bond donors (Lipinski definition) is 1. The number of nitrogens with zero attached hydrogens (tertiary/aromatic N) is 1. The van der Waals surface area contributed by atoms with Gasteiger partial charge in [0.1, 0.15) is 6.54 Å². The molecule has 2 aromatic rings. The zero-order valence-electron chi connectivity index (χ0n) is 14.4. The SMILES string of the molecule is CC(=O)N(CC(=O)NCc1ccc(C)cc1)c1ccc(C(F)(F)F)cc1. The Morgan fingerprint density at radius 3 is 2.08 bits per heavy atom. The molecule has 2 aromatic carbocycles. The lowest BCUT2D eigenvalue weighted by Crippen LogP contribution is -2.39. The summed E-state index contributed by atoms with van der Waals surface area (Å²) in [4.78, 5) is 25.0. The maximum Gasteiger partial charge on any atom is 0.416 e. The molecule has 0 aromatic heterocycles. The van der Waals surface area contributed by atoms with Crippen LogP contribution in [0.3, 0.4) is 0 Å². The first kappa shape index (κ1) is 19.5. The van der Waals surface area contributed by atoms with E-state index in [0.29, 0.717) is 6.54 Å².